The molecule has 0 spiro atoms. The average Bonchev–Trinajstić information content (AvgIpc) is 2.35. The molecule has 18 heavy (non-hydrogen) atoms. The van der Waals surface area contributed by atoms with Crippen molar-refractivity contribution in [2.75, 3.05) is 0 Å². The van der Waals surface area contributed by atoms with Gasteiger partial charge in [0.15, 0.2) is 0 Å². The number of aryl methyl sites for hydroxylation is 1. The molecule has 92 valence electrons. The lowest BCUT2D eigenvalue weighted by Crippen LogP contribution is -2.18. The lowest BCUT2D eigenvalue weighted by Gasteiger charge is -2.17. The fourth-order valence-electron chi connectivity index (χ4n) is 2.43. The third kappa shape index (κ3) is 2.13. The largest absolute Gasteiger partial charge is 0.291 e. The zero-order valence-corrected chi connectivity index (χ0v) is 10.8. The van der Waals surface area contributed by atoms with E-state index in [0.29, 0.717) is 6.04 Å². The first-order valence-corrected chi connectivity index (χ1v) is 6.52. The Hall–Kier alpha value is -1.77. The fourth-order valence-corrected chi connectivity index (χ4v) is 2.43. The highest BCUT2D eigenvalue weighted by Gasteiger charge is 2.17. The quantitative estimate of drug-likeness (QED) is 0.767. The van der Waals surface area contributed by atoms with Crippen LogP contribution in [0.2, 0.25) is 0 Å². The van der Waals surface area contributed by atoms with Gasteiger partial charge in [-0.1, -0.05) is 12.1 Å². The normalized spacial score (nSPS) is 17.4. The minimum absolute atomic E-state index is 0.370. The molecule has 0 bridgehead atoms. The first-order chi connectivity index (χ1) is 8.72. The van der Waals surface area contributed by atoms with E-state index in [0.717, 1.165) is 41.7 Å². The maximum atomic E-state index is 4.73. The van der Waals surface area contributed by atoms with Gasteiger partial charge in [0.2, 0.25) is 0 Å². The summed E-state index contributed by atoms with van der Waals surface area (Å²) in [6, 6.07) is 8.44. The lowest BCUT2D eigenvalue weighted by atomic mass is 9.97. The van der Waals surface area contributed by atoms with Gasteiger partial charge >= 0.3 is 0 Å². The molecule has 0 amide bonds. The lowest BCUT2D eigenvalue weighted by molar-refractivity contribution is 0.798. The summed E-state index contributed by atoms with van der Waals surface area (Å²) in [4.78, 5) is 14.1. The van der Waals surface area contributed by atoms with Gasteiger partial charge in [-0.15, -0.1) is 0 Å². The first-order valence-electron chi connectivity index (χ1n) is 6.52. The Morgan fingerprint density at radius 1 is 1.00 bits per heavy atom. The summed E-state index contributed by atoms with van der Waals surface area (Å²) >= 11 is 0. The number of hydrogen-bond donors (Lipinski definition) is 0. The van der Waals surface area contributed by atoms with Crippen LogP contribution >= 0.6 is 0 Å². The number of fused-ring (bicyclic) bond motifs is 2. The average molecular weight is 239 g/mol. The van der Waals surface area contributed by atoms with Crippen LogP contribution in [0.15, 0.2) is 29.3 Å². The van der Waals surface area contributed by atoms with E-state index in [2.05, 4.69) is 18.8 Å². The standard InChI is InChI=1S/C15H17N3/c1-10(2)16-11-7-8-14-15(9-11)18-13-6-4-3-5-12(13)17-14/h3-6,10H,7-9H2,1-2H3. The SMILES string of the molecule is CC(C)N=C1CCc2nc3ccccc3nc2C1. The van der Waals surface area contributed by atoms with Gasteiger partial charge in [-0.25, -0.2) is 9.97 Å². The predicted octanol–water partition coefficient (Wildman–Crippen LogP) is 2.97. The van der Waals surface area contributed by atoms with Crippen molar-refractivity contribution in [2.45, 2.75) is 39.2 Å². The molecule has 0 atom stereocenters. The van der Waals surface area contributed by atoms with Gasteiger partial charge in [0.1, 0.15) is 0 Å². The number of aliphatic imine (C=N–C) groups is 1. The van der Waals surface area contributed by atoms with Crippen LogP contribution in [0, 0.1) is 0 Å². The second kappa shape index (κ2) is 4.48. The molecule has 0 aliphatic heterocycles. The number of para-hydroxylation sites is 2. The second-order valence-electron chi connectivity index (χ2n) is 5.07. The van der Waals surface area contributed by atoms with Crippen LogP contribution in [0.25, 0.3) is 11.0 Å². The summed E-state index contributed by atoms with van der Waals surface area (Å²) < 4.78 is 0. The van der Waals surface area contributed by atoms with Gasteiger partial charge in [-0.05, 0) is 38.8 Å². The number of nitrogens with zero attached hydrogens (tertiary/aromatic N) is 3. The Kier molecular flexibility index (Phi) is 2.82. The number of aromatic nitrogens is 2. The van der Waals surface area contributed by atoms with Gasteiger partial charge in [-0.3, -0.25) is 4.99 Å². The molecule has 1 aromatic carbocycles. The van der Waals surface area contributed by atoms with Crippen LogP contribution in [0.4, 0.5) is 0 Å². The summed E-state index contributed by atoms with van der Waals surface area (Å²) in [5, 5.41) is 0. The molecule has 0 N–H and O–H groups in total. The molecule has 1 aromatic heterocycles. The van der Waals surface area contributed by atoms with Crippen molar-refractivity contribution >= 4 is 16.7 Å². The maximum absolute atomic E-state index is 4.73. The second-order valence-corrected chi connectivity index (χ2v) is 5.07. The van der Waals surface area contributed by atoms with E-state index in [1.807, 2.05) is 24.3 Å². The van der Waals surface area contributed by atoms with Crippen molar-refractivity contribution in [3.05, 3.63) is 35.7 Å². The molecule has 1 heterocycles. The van der Waals surface area contributed by atoms with Crippen molar-refractivity contribution in [1.29, 1.82) is 0 Å². The topological polar surface area (TPSA) is 38.1 Å². The van der Waals surface area contributed by atoms with E-state index in [-0.39, 0.29) is 0 Å². The van der Waals surface area contributed by atoms with E-state index in [4.69, 9.17) is 9.97 Å². The summed E-state index contributed by atoms with van der Waals surface area (Å²) in [7, 11) is 0. The number of hydrogen-bond acceptors (Lipinski definition) is 3. The van der Waals surface area contributed by atoms with Gasteiger partial charge in [0.25, 0.3) is 0 Å². The van der Waals surface area contributed by atoms with Crippen LogP contribution < -0.4 is 0 Å². The Labute approximate surface area is 107 Å². The van der Waals surface area contributed by atoms with Gasteiger partial charge in [-0.2, -0.15) is 0 Å². The van der Waals surface area contributed by atoms with E-state index < -0.39 is 0 Å². The van der Waals surface area contributed by atoms with Crippen molar-refractivity contribution in [1.82, 2.24) is 9.97 Å². The molecular formula is C15H17N3. The molecular weight excluding hydrogens is 222 g/mol. The highest BCUT2D eigenvalue weighted by Crippen LogP contribution is 2.20. The fraction of sp³-hybridized carbons (Fsp3) is 0.400. The number of rotatable bonds is 1. The summed E-state index contributed by atoms with van der Waals surface area (Å²) in [5.41, 5.74) is 5.51. The van der Waals surface area contributed by atoms with Gasteiger partial charge in [0.05, 0.1) is 22.4 Å². The van der Waals surface area contributed by atoms with E-state index in [1.54, 1.807) is 0 Å². The Bertz CT molecular complexity index is 614. The molecule has 0 saturated heterocycles. The van der Waals surface area contributed by atoms with E-state index in [1.165, 1.54) is 5.71 Å². The summed E-state index contributed by atoms with van der Waals surface area (Å²) in [6.45, 7) is 4.24. The zero-order chi connectivity index (χ0) is 12.5. The van der Waals surface area contributed by atoms with Crippen molar-refractivity contribution < 1.29 is 0 Å². The minimum Gasteiger partial charge on any atom is -0.291 e. The van der Waals surface area contributed by atoms with Crippen molar-refractivity contribution in [2.24, 2.45) is 4.99 Å². The minimum atomic E-state index is 0.370. The molecule has 2 aromatic rings. The van der Waals surface area contributed by atoms with Crippen LogP contribution in [0.1, 0.15) is 31.7 Å². The molecule has 0 unspecified atom stereocenters. The Balaban J connectivity index is 2.03. The summed E-state index contributed by atoms with van der Waals surface area (Å²) in [6.07, 6.45) is 2.86. The third-order valence-electron chi connectivity index (χ3n) is 3.19. The highest BCUT2D eigenvalue weighted by atomic mass is 14.9. The molecule has 1 aliphatic rings. The maximum Gasteiger partial charge on any atom is 0.0890 e. The van der Waals surface area contributed by atoms with Crippen LogP contribution in [0.3, 0.4) is 0 Å². The smallest absolute Gasteiger partial charge is 0.0890 e. The van der Waals surface area contributed by atoms with Crippen molar-refractivity contribution in [3.8, 4) is 0 Å². The monoisotopic (exact) mass is 239 g/mol. The molecule has 0 fully saturated rings. The molecule has 3 heteroatoms. The Morgan fingerprint density at radius 3 is 2.33 bits per heavy atom. The van der Waals surface area contributed by atoms with Crippen molar-refractivity contribution in [3.63, 3.8) is 0 Å². The summed E-state index contributed by atoms with van der Waals surface area (Å²) in [5.74, 6) is 0. The Morgan fingerprint density at radius 2 is 1.67 bits per heavy atom. The highest BCUT2D eigenvalue weighted by molar-refractivity contribution is 5.88. The van der Waals surface area contributed by atoms with Crippen LogP contribution in [-0.4, -0.2) is 21.7 Å². The zero-order valence-electron chi connectivity index (χ0n) is 10.8. The predicted molar refractivity (Wildman–Crippen MR) is 74.1 cm³/mol. The molecule has 0 radical (unpaired) electrons. The number of benzene rings is 1. The van der Waals surface area contributed by atoms with Crippen LogP contribution in [0.5, 0.6) is 0 Å². The third-order valence-corrected chi connectivity index (χ3v) is 3.19. The molecule has 3 nitrogen and oxygen atoms in total. The van der Waals surface area contributed by atoms with E-state index >= 15 is 0 Å². The molecule has 0 saturated carbocycles. The van der Waals surface area contributed by atoms with Crippen LogP contribution in [-0.2, 0) is 12.8 Å². The molecule has 1 aliphatic carbocycles. The van der Waals surface area contributed by atoms with E-state index in [9.17, 15) is 0 Å². The molecule has 3 rings (SSSR count). The first kappa shape index (κ1) is 11.3. The van der Waals surface area contributed by atoms with Gasteiger partial charge < -0.3 is 0 Å². The van der Waals surface area contributed by atoms with Gasteiger partial charge in [0, 0.05) is 18.2 Å².